The van der Waals surface area contributed by atoms with Gasteiger partial charge >= 0.3 is 0 Å². The highest BCUT2D eigenvalue weighted by Gasteiger charge is 2.33. The highest BCUT2D eigenvalue weighted by Crippen LogP contribution is 2.29. The molecule has 20 heavy (non-hydrogen) atoms. The molecule has 6 heteroatoms. The molecule has 0 spiro atoms. The maximum Gasteiger partial charge on any atom is 0.257 e. The minimum absolute atomic E-state index is 0. The molecule has 1 aliphatic rings. The largest absolute Gasteiger partial charge is 0.496 e. The van der Waals surface area contributed by atoms with E-state index in [1.807, 2.05) is 17.0 Å². The summed E-state index contributed by atoms with van der Waals surface area (Å²) in [6.45, 7) is 3.43. The van der Waals surface area contributed by atoms with Gasteiger partial charge in [0, 0.05) is 17.1 Å². The number of rotatable bonds is 3. The Morgan fingerprint density at radius 1 is 1.55 bits per heavy atom. The first-order valence-corrected chi connectivity index (χ1v) is 7.20. The average molecular weight is 364 g/mol. The molecule has 2 unspecified atom stereocenters. The van der Waals surface area contributed by atoms with Crippen molar-refractivity contribution in [2.24, 2.45) is 11.7 Å². The molecule has 1 saturated heterocycles. The molecule has 1 amide bonds. The molecule has 2 rings (SSSR count). The van der Waals surface area contributed by atoms with Crippen LogP contribution in [0.4, 0.5) is 0 Å². The van der Waals surface area contributed by atoms with Crippen molar-refractivity contribution in [3.63, 3.8) is 0 Å². The van der Waals surface area contributed by atoms with Crippen molar-refractivity contribution in [3.05, 3.63) is 28.2 Å². The van der Waals surface area contributed by atoms with Gasteiger partial charge in [-0.25, -0.2) is 0 Å². The van der Waals surface area contributed by atoms with E-state index >= 15 is 0 Å². The Hall–Kier alpha value is -0.780. The SMILES string of the molecule is COc1cc(Br)ccc1C(=O)N1CC(CN)CC1C.Cl. The Bertz CT molecular complexity index is 484. The van der Waals surface area contributed by atoms with E-state index in [2.05, 4.69) is 22.9 Å². The van der Waals surface area contributed by atoms with E-state index in [4.69, 9.17) is 10.5 Å². The Morgan fingerprint density at radius 3 is 2.80 bits per heavy atom. The van der Waals surface area contributed by atoms with Gasteiger partial charge in [-0.3, -0.25) is 4.79 Å². The Kier molecular flexibility index (Phi) is 6.30. The van der Waals surface area contributed by atoms with E-state index in [-0.39, 0.29) is 24.4 Å². The van der Waals surface area contributed by atoms with Gasteiger partial charge in [0.1, 0.15) is 5.75 Å². The van der Waals surface area contributed by atoms with Crippen molar-refractivity contribution < 1.29 is 9.53 Å². The first kappa shape index (κ1) is 17.3. The summed E-state index contributed by atoms with van der Waals surface area (Å²) in [5, 5.41) is 0. The molecule has 1 fully saturated rings. The topological polar surface area (TPSA) is 55.6 Å². The van der Waals surface area contributed by atoms with Gasteiger partial charge in [-0.2, -0.15) is 0 Å². The van der Waals surface area contributed by atoms with E-state index in [0.717, 1.165) is 17.4 Å². The van der Waals surface area contributed by atoms with E-state index in [1.165, 1.54) is 0 Å². The minimum atomic E-state index is 0. The van der Waals surface area contributed by atoms with E-state index < -0.39 is 0 Å². The quantitative estimate of drug-likeness (QED) is 0.898. The number of amides is 1. The molecule has 0 radical (unpaired) electrons. The molecule has 0 aromatic heterocycles. The van der Waals surface area contributed by atoms with Gasteiger partial charge in [-0.05, 0) is 44.0 Å². The number of nitrogens with zero attached hydrogens (tertiary/aromatic N) is 1. The van der Waals surface area contributed by atoms with Crippen LogP contribution in [0.2, 0.25) is 0 Å². The molecule has 0 bridgehead atoms. The van der Waals surface area contributed by atoms with Crippen molar-refractivity contribution >= 4 is 34.2 Å². The monoisotopic (exact) mass is 362 g/mol. The number of hydrogen-bond donors (Lipinski definition) is 1. The van der Waals surface area contributed by atoms with Crippen LogP contribution in [0, 0.1) is 5.92 Å². The summed E-state index contributed by atoms with van der Waals surface area (Å²) in [7, 11) is 1.58. The highest BCUT2D eigenvalue weighted by atomic mass is 79.9. The number of halogens is 2. The molecule has 2 N–H and O–H groups in total. The van der Waals surface area contributed by atoms with Gasteiger partial charge in [0.15, 0.2) is 0 Å². The number of likely N-dealkylation sites (tertiary alicyclic amines) is 1. The summed E-state index contributed by atoms with van der Waals surface area (Å²) < 4.78 is 6.19. The molecule has 1 heterocycles. The van der Waals surface area contributed by atoms with Crippen molar-refractivity contribution in [1.82, 2.24) is 4.90 Å². The van der Waals surface area contributed by atoms with Crippen molar-refractivity contribution in [3.8, 4) is 5.75 Å². The molecule has 1 aromatic rings. The fourth-order valence-corrected chi connectivity index (χ4v) is 2.93. The molecular formula is C14H20BrClN2O2. The predicted octanol–water partition coefficient (Wildman–Crippen LogP) is 2.69. The van der Waals surface area contributed by atoms with Gasteiger partial charge in [-0.15, -0.1) is 12.4 Å². The summed E-state index contributed by atoms with van der Waals surface area (Å²) in [4.78, 5) is 14.5. The van der Waals surface area contributed by atoms with Crippen LogP contribution in [0.5, 0.6) is 5.75 Å². The Labute approximate surface area is 134 Å². The lowest BCUT2D eigenvalue weighted by atomic mass is 10.1. The molecule has 112 valence electrons. The van der Waals surface area contributed by atoms with E-state index in [0.29, 0.717) is 23.8 Å². The van der Waals surface area contributed by atoms with Crippen LogP contribution < -0.4 is 10.5 Å². The molecule has 4 nitrogen and oxygen atoms in total. The van der Waals surface area contributed by atoms with Crippen LogP contribution in [-0.4, -0.2) is 37.0 Å². The normalized spacial score (nSPS) is 21.5. The van der Waals surface area contributed by atoms with Crippen LogP contribution in [-0.2, 0) is 0 Å². The van der Waals surface area contributed by atoms with E-state index in [1.54, 1.807) is 13.2 Å². The summed E-state index contributed by atoms with van der Waals surface area (Å²) in [5.41, 5.74) is 6.31. The first-order valence-electron chi connectivity index (χ1n) is 6.41. The van der Waals surface area contributed by atoms with Gasteiger partial charge < -0.3 is 15.4 Å². The van der Waals surface area contributed by atoms with Gasteiger partial charge in [0.2, 0.25) is 0 Å². The Morgan fingerprint density at radius 2 is 2.25 bits per heavy atom. The van der Waals surface area contributed by atoms with Gasteiger partial charge in [0.05, 0.1) is 12.7 Å². The van der Waals surface area contributed by atoms with Crippen LogP contribution in [0.25, 0.3) is 0 Å². The molecule has 1 aliphatic heterocycles. The third-order valence-corrected chi connectivity index (χ3v) is 4.14. The summed E-state index contributed by atoms with van der Waals surface area (Å²) >= 11 is 3.38. The number of nitrogens with two attached hydrogens (primary N) is 1. The third kappa shape index (κ3) is 3.45. The van der Waals surface area contributed by atoms with Crippen LogP contribution in [0.15, 0.2) is 22.7 Å². The molecule has 1 aromatic carbocycles. The molecule has 0 aliphatic carbocycles. The fraction of sp³-hybridized carbons (Fsp3) is 0.500. The second kappa shape index (κ2) is 7.29. The molecular weight excluding hydrogens is 344 g/mol. The average Bonchev–Trinajstić information content (AvgIpc) is 2.79. The highest BCUT2D eigenvalue weighted by molar-refractivity contribution is 9.10. The zero-order valence-corrected chi connectivity index (χ0v) is 14.0. The molecule has 2 atom stereocenters. The third-order valence-electron chi connectivity index (χ3n) is 3.65. The maximum atomic E-state index is 12.6. The second-order valence-corrected chi connectivity index (χ2v) is 5.90. The minimum Gasteiger partial charge on any atom is -0.496 e. The number of benzene rings is 1. The first-order chi connectivity index (χ1) is 9.06. The number of hydrogen-bond acceptors (Lipinski definition) is 3. The van der Waals surface area contributed by atoms with Crippen molar-refractivity contribution in [1.29, 1.82) is 0 Å². The summed E-state index contributed by atoms with van der Waals surface area (Å²) in [6, 6.07) is 5.70. The van der Waals surface area contributed by atoms with Crippen molar-refractivity contribution in [2.75, 3.05) is 20.2 Å². The smallest absolute Gasteiger partial charge is 0.257 e. The number of methoxy groups -OCH3 is 1. The fourth-order valence-electron chi connectivity index (χ4n) is 2.59. The lowest BCUT2D eigenvalue weighted by molar-refractivity contribution is 0.0740. The maximum absolute atomic E-state index is 12.6. The number of carbonyl (C=O) groups is 1. The van der Waals surface area contributed by atoms with Crippen LogP contribution in [0.1, 0.15) is 23.7 Å². The van der Waals surface area contributed by atoms with Crippen molar-refractivity contribution in [2.45, 2.75) is 19.4 Å². The lowest BCUT2D eigenvalue weighted by Gasteiger charge is -2.22. The number of ether oxygens (including phenoxy) is 1. The summed E-state index contributed by atoms with van der Waals surface area (Å²) in [5.74, 6) is 1.02. The predicted molar refractivity (Wildman–Crippen MR) is 85.6 cm³/mol. The second-order valence-electron chi connectivity index (χ2n) is 4.99. The number of carbonyl (C=O) groups excluding carboxylic acids is 1. The van der Waals surface area contributed by atoms with E-state index in [9.17, 15) is 4.79 Å². The lowest BCUT2D eigenvalue weighted by Crippen LogP contribution is -2.34. The Balaban J connectivity index is 0.00000200. The van der Waals surface area contributed by atoms with Gasteiger partial charge in [0.25, 0.3) is 5.91 Å². The zero-order chi connectivity index (χ0) is 14.0. The van der Waals surface area contributed by atoms with Gasteiger partial charge in [-0.1, -0.05) is 15.9 Å². The standard InChI is InChI=1S/C14H19BrN2O2.ClH/c1-9-5-10(7-16)8-17(9)14(18)12-4-3-11(15)6-13(12)19-2;/h3-4,6,9-10H,5,7-8,16H2,1-2H3;1H. The zero-order valence-electron chi connectivity index (χ0n) is 11.6. The van der Waals surface area contributed by atoms with Crippen LogP contribution in [0.3, 0.4) is 0 Å². The summed E-state index contributed by atoms with van der Waals surface area (Å²) in [6.07, 6.45) is 0.973. The molecule has 0 saturated carbocycles. The van der Waals surface area contributed by atoms with Crippen LogP contribution >= 0.6 is 28.3 Å².